The van der Waals surface area contributed by atoms with Crippen LogP contribution < -0.4 is 0 Å². The number of Topliss-reactive ketones (excluding diaryl/α,β-unsaturated/α-hetero) is 1. The average molecular weight is 456 g/mol. The Morgan fingerprint density at radius 1 is 1.00 bits per heavy atom. The summed E-state index contributed by atoms with van der Waals surface area (Å²) in [4.78, 5) is 24.9. The quantitative estimate of drug-likeness (QED) is 0.399. The Balaban J connectivity index is 1.54. The summed E-state index contributed by atoms with van der Waals surface area (Å²) in [6, 6.07) is 18.7. The third kappa shape index (κ3) is 4.61. The van der Waals surface area contributed by atoms with Gasteiger partial charge in [-0.2, -0.15) is 4.31 Å². The van der Waals surface area contributed by atoms with Crippen LogP contribution in [0.4, 0.5) is 0 Å². The van der Waals surface area contributed by atoms with E-state index in [4.69, 9.17) is 4.74 Å². The molecular weight excluding hydrogens is 434 g/mol. The second-order valence-electron chi connectivity index (χ2n) is 7.17. The Morgan fingerprint density at radius 2 is 1.74 bits per heavy atom. The van der Waals surface area contributed by atoms with Gasteiger partial charge in [0.15, 0.2) is 12.4 Å². The Labute approximate surface area is 185 Å². The zero-order valence-corrected chi connectivity index (χ0v) is 18.3. The van der Waals surface area contributed by atoms with Crippen molar-refractivity contribution >= 4 is 33.1 Å². The van der Waals surface area contributed by atoms with E-state index in [-0.39, 0.29) is 29.6 Å². The minimum Gasteiger partial charge on any atom is -0.457 e. The van der Waals surface area contributed by atoms with Gasteiger partial charge in [-0.05, 0) is 29.0 Å². The molecule has 6 nitrogen and oxygen atoms in total. The maximum absolute atomic E-state index is 13.2. The molecule has 0 fully saturated rings. The summed E-state index contributed by atoms with van der Waals surface area (Å²) < 4.78 is 33.3. The van der Waals surface area contributed by atoms with Gasteiger partial charge in [-0.3, -0.25) is 9.59 Å². The first kappa shape index (κ1) is 21.4. The first-order chi connectivity index (χ1) is 15.0. The molecule has 3 aromatic rings. The number of esters is 1. The monoisotopic (exact) mass is 455 g/mol. The van der Waals surface area contributed by atoms with Crippen molar-refractivity contribution in [2.45, 2.75) is 23.1 Å². The number of ether oxygens (including phenoxy) is 1. The van der Waals surface area contributed by atoms with E-state index in [1.165, 1.54) is 4.31 Å². The molecular formula is C23H21NO5S2. The number of fused-ring (bicyclic) bond motifs is 1. The number of benzene rings is 2. The number of carbonyl (C=O) groups excluding carboxylic acids is 2. The molecule has 4 rings (SSSR count). The van der Waals surface area contributed by atoms with Gasteiger partial charge in [0.25, 0.3) is 10.0 Å². The van der Waals surface area contributed by atoms with Crippen LogP contribution in [0.2, 0.25) is 0 Å². The van der Waals surface area contributed by atoms with E-state index in [1.54, 1.807) is 47.8 Å². The molecule has 1 aromatic heterocycles. The number of hydrogen-bond donors (Lipinski definition) is 0. The average Bonchev–Trinajstić information content (AvgIpc) is 3.34. The fourth-order valence-corrected chi connectivity index (χ4v) is 6.45. The van der Waals surface area contributed by atoms with Crippen molar-refractivity contribution in [3.05, 3.63) is 88.8 Å². The molecule has 2 aromatic carbocycles. The van der Waals surface area contributed by atoms with E-state index in [1.807, 2.05) is 24.3 Å². The predicted molar refractivity (Wildman–Crippen MR) is 117 cm³/mol. The van der Waals surface area contributed by atoms with Crippen LogP contribution in [0.3, 0.4) is 0 Å². The molecule has 0 saturated heterocycles. The second kappa shape index (κ2) is 9.13. The second-order valence-corrected chi connectivity index (χ2v) is 10.2. The van der Waals surface area contributed by atoms with Gasteiger partial charge in [0.05, 0.1) is 12.5 Å². The number of rotatable bonds is 7. The van der Waals surface area contributed by atoms with Crippen molar-refractivity contribution in [2.75, 3.05) is 13.2 Å². The maximum Gasteiger partial charge on any atom is 0.308 e. The van der Waals surface area contributed by atoms with Gasteiger partial charge < -0.3 is 4.74 Å². The summed E-state index contributed by atoms with van der Waals surface area (Å²) in [6.45, 7) is -0.104. The molecule has 1 aliphatic rings. The highest BCUT2D eigenvalue weighted by Gasteiger charge is 2.38. The third-order valence-corrected chi connectivity index (χ3v) is 8.52. The third-order valence-electron chi connectivity index (χ3n) is 5.24. The van der Waals surface area contributed by atoms with Crippen molar-refractivity contribution in [3.63, 3.8) is 0 Å². The molecule has 0 N–H and O–H groups in total. The normalized spacial score (nSPS) is 16.5. The van der Waals surface area contributed by atoms with Crippen LogP contribution in [0.25, 0.3) is 0 Å². The van der Waals surface area contributed by atoms with Crippen LogP contribution in [-0.2, 0) is 26.0 Å². The highest BCUT2D eigenvalue weighted by Crippen LogP contribution is 2.37. The van der Waals surface area contributed by atoms with E-state index in [2.05, 4.69) is 0 Å². The van der Waals surface area contributed by atoms with Gasteiger partial charge in [0, 0.05) is 12.1 Å². The summed E-state index contributed by atoms with van der Waals surface area (Å²) in [7, 11) is -3.75. The first-order valence-corrected chi connectivity index (χ1v) is 12.2. The molecule has 1 aliphatic heterocycles. The number of carbonyl (C=O) groups is 2. The van der Waals surface area contributed by atoms with Crippen LogP contribution >= 0.6 is 11.3 Å². The molecule has 0 amide bonds. The van der Waals surface area contributed by atoms with Crippen LogP contribution in [-0.4, -0.2) is 37.6 Å². The lowest BCUT2D eigenvalue weighted by molar-refractivity contribution is -0.143. The number of ketones is 1. The number of hydrogen-bond acceptors (Lipinski definition) is 6. The molecule has 2 heterocycles. The Morgan fingerprint density at radius 3 is 2.48 bits per heavy atom. The first-order valence-electron chi connectivity index (χ1n) is 9.84. The van der Waals surface area contributed by atoms with Crippen LogP contribution in [0, 0.1) is 0 Å². The summed E-state index contributed by atoms with van der Waals surface area (Å²) in [6.07, 6.45) is 0.405. The number of sulfonamides is 1. The maximum atomic E-state index is 13.2. The highest BCUT2D eigenvalue weighted by atomic mass is 32.2. The predicted octanol–water partition coefficient (Wildman–Crippen LogP) is 3.85. The SMILES string of the molecule is O=C(C[C@H]1c2ccccc2CCN1S(=O)(=O)c1cccs1)OCC(=O)c1ccccc1. The molecule has 0 saturated carbocycles. The Kier molecular flexibility index (Phi) is 6.31. The van der Waals surface area contributed by atoms with E-state index < -0.39 is 22.0 Å². The van der Waals surface area contributed by atoms with Crippen molar-refractivity contribution in [3.8, 4) is 0 Å². The van der Waals surface area contributed by atoms with Gasteiger partial charge in [-0.15, -0.1) is 11.3 Å². The lowest BCUT2D eigenvalue weighted by Gasteiger charge is -2.35. The highest BCUT2D eigenvalue weighted by molar-refractivity contribution is 7.91. The lowest BCUT2D eigenvalue weighted by Crippen LogP contribution is -2.41. The minimum atomic E-state index is -3.75. The lowest BCUT2D eigenvalue weighted by atomic mass is 9.92. The van der Waals surface area contributed by atoms with Crippen molar-refractivity contribution in [1.29, 1.82) is 0 Å². The van der Waals surface area contributed by atoms with Crippen LogP contribution in [0.5, 0.6) is 0 Å². The smallest absolute Gasteiger partial charge is 0.308 e. The molecule has 0 bridgehead atoms. The van der Waals surface area contributed by atoms with Gasteiger partial charge >= 0.3 is 5.97 Å². The van der Waals surface area contributed by atoms with E-state index >= 15 is 0 Å². The topological polar surface area (TPSA) is 80.8 Å². The molecule has 160 valence electrons. The van der Waals surface area contributed by atoms with Crippen LogP contribution in [0.1, 0.15) is 33.9 Å². The van der Waals surface area contributed by atoms with Crippen molar-refractivity contribution < 1.29 is 22.7 Å². The minimum absolute atomic E-state index is 0.163. The molecule has 1 atom stereocenters. The largest absolute Gasteiger partial charge is 0.457 e. The van der Waals surface area contributed by atoms with Gasteiger partial charge in [-0.1, -0.05) is 60.7 Å². The molecule has 0 radical (unpaired) electrons. The zero-order chi connectivity index (χ0) is 21.8. The molecule has 0 aliphatic carbocycles. The van der Waals surface area contributed by atoms with Crippen LogP contribution in [0.15, 0.2) is 76.3 Å². The standard InChI is InChI=1S/C23H21NO5S2/c25-21(18-8-2-1-3-9-18)16-29-22(26)15-20-19-10-5-4-7-17(19)12-13-24(20)31(27,28)23-11-6-14-30-23/h1-11,14,20H,12-13,15-16H2/t20-/m0/s1. The fraction of sp³-hybridized carbons (Fsp3) is 0.217. The Hall–Kier alpha value is -2.81. The van der Waals surface area contributed by atoms with E-state index in [9.17, 15) is 18.0 Å². The number of nitrogens with zero attached hydrogens (tertiary/aromatic N) is 1. The fourth-order valence-electron chi connectivity index (χ4n) is 3.72. The summed E-state index contributed by atoms with van der Waals surface area (Å²) in [5, 5.41) is 1.71. The van der Waals surface area contributed by atoms with E-state index in [0.29, 0.717) is 12.0 Å². The van der Waals surface area contributed by atoms with E-state index in [0.717, 1.165) is 22.5 Å². The molecule has 0 unspecified atom stereocenters. The van der Waals surface area contributed by atoms with Gasteiger partial charge in [0.2, 0.25) is 0 Å². The van der Waals surface area contributed by atoms with Crippen molar-refractivity contribution in [2.24, 2.45) is 0 Å². The molecule has 8 heteroatoms. The summed E-state index contributed by atoms with van der Waals surface area (Å²) in [5.74, 6) is -0.918. The summed E-state index contributed by atoms with van der Waals surface area (Å²) >= 11 is 1.15. The van der Waals surface area contributed by atoms with Crippen molar-refractivity contribution in [1.82, 2.24) is 4.31 Å². The van der Waals surface area contributed by atoms with Gasteiger partial charge in [0.1, 0.15) is 4.21 Å². The zero-order valence-electron chi connectivity index (χ0n) is 16.6. The van der Waals surface area contributed by atoms with Gasteiger partial charge in [-0.25, -0.2) is 8.42 Å². The Bertz CT molecular complexity index is 1170. The molecule has 31 heavy (non-hydrogen) atoms. The number of thiophene rings is 1. The molecule has 0 spiro atoms. The summed E-state index contributed by atoms with van der Waals surface area (Å²) in [5.41, 5.74) is 2.26.